The van der Waals surface area contributed by atoms with Gasteiger partial charge in [-0.15, -0.1) is 0 Å². The van der Waals surface area contributed by atoms with E-state index in [-0.39, 0.29) is 0 Å². The predicted molar refractivity (Wildman–Crippen MR) is 52.2 cm³/mol. The number of alkyl halides is 1. The molecule has 0 heterocycles. The highest BCUT2D eigenvalue weighted by molar-refractivity contribution is 9.09. The number of hydrogen-bond acceptors (Lipinski definition) is 4. The van der Waals surface area contributed by atoms with Gasteiger partial charge in [0.25, 0.3) is 0 Å². The highest BCUT2D eigenvalue weighted by atomic mass is 79.9. The minimum Gasteiger partial charge on any atom is -0.468 e. The third-order valence-electron chi connectivity index (χ3n) is 1.40. The standard InChI is InChI=1S/C6H12BrNO4S/c1-8(4-3-7)13(10,11)5-6(9)12-2/h3-5H2,1-2H3. The first-order valence-electron chi connectivity index (χ1n) is 3.51. The molecule has 0 rings (SSSR count). The summed E-state index contributed by atoms with van der Waals surface area (Å²) in [6.07, 6.45) is 0. The number of carbonyl (C=O) groups excluding carboxylic acids is 1. The summed E-state index contributed by atoms with van der Waals surface area (Å²) < 4.78 is 28.0. The van der Waals surface area contributed by atoms with Gasteiger partial charge in [-0.3, -0.25) is 4.79 Å². The molecule has 13 heavy (non-hydrogen) atoms. The van der Waals surface area contributed by atoms with Gasteiger partial charge in [0.1, 0.15) is 0 Å². The monoisotopic (exact) mass is 273 g/mol. The average molecular weight is 274 g/mol. The van der Waals surface area contributed by atoms with Crippen molar-refractivity contribution in [3.63, 3.8) is 0 Å². The SMILES string of the molecule is COC(=O)CS(=O)(=O)N(C)CCBr. The summed E-state index contributed by atoms with van der Waals surface area (Å²) in [5.74, 6) is -1.35. The van der Waals surface area contributed by atoms with Gasteiger partial charge in [-0.2, -0.15) is 0 Å². The lowest BCUT2D eigenvalue weighted by Crippen LogP contribution is -2.33. The van der Waals surface area contributed by atoms with E-state index < -0.39 is 21.7 Å². The first-order valence-corrected chi connectivity index (χ1v) is 6.24. The predicted octanol–water partition coefficient (Wildman–Crippen LogP) is -0.184. The maximum Gasteiger partial charge on any atom is 0.322 e. The second-order valence-electron chi connectivity index (χ2n) is 2.34. The number of carbonyl (C=O) groups is 1. The lowest BCUT2D eigenvalue weighted by molar-refractivity contribution is -0.137. The van der Waals surface area contributed by atoms with Crippen molar-refractivity contribution in [1.29, 1.82) is 0 Å². The van der Waals surface area contributed by atoms with Crippen LogP contribution in [-0.4, -0.2) is 50.5 Å². The van der Waals surface area contributed by atoms with Gasteiger partial charge in [0.05, 0.1) is 7.11 Å². The fourth-order valence-corrected chi connectivity index (χ4v) is 2.35. The Balaban J connectivity index is 4.31. The van der Waals surface area contributed by atoms with Crippen molar-refractivity contribution in [1.82, 2.24) is 4.31 Å². The Hall–Kier alpha value is -0.140. The Kier molecular flexibility index (Phi) is 5.50. The maximum atomic E-state index is 11.3. The third-order valence-corrected chi connectivity index (χ3v) is 3.49. The van der Waals surface area contributed by atoms with Gasteiger partial charge in [-0.1, -0.05) is 15.9 Å². The quantitative estimate of drug-likeness (QED) is 0.515. The van der Waals surface area contributed by atoms with Crippen LogP contribution < -0.4 is 0 Å². The zero-order valence-electron chi connectivity index (χ0n) is 7.49. The second kappa shape index (κ2) is 5.56. The minimum atomic E-state index is -3.50. The topological polar surface area (TPSA) is 63.7 Å². The van der Waals surface area contributed by atoms with Gasteiger partial charge in [0.15, 0.2) is 5.75 Å². The Labute approximate surface area is 86.2 Å². The van der Waals surface area contributed by atoms with Gasteiger partial charge < -0.3 is 4.74 Å². The fourth-order valence-electron chi connectivity index (χ4n) is 0.576. The van der Waals surface area contributed by atoms with Crippen LogP contribution in [0.3, 0.4) is 0 Å². The zero-order valence-corrected chi connectivity index (χ0v) is 9.89. The van der Waals surface area contributed by atoms with E-state index in [4.69, 9.17) is 0 Å². The van der Waals surface area contributed by atoms with E-state index in [1.165, 1.54) is 7.05 Å². The largest absolute Gasteiger partial charge is 0.468 e. The number of halogens is 1. The summed E-state index contributed by atoms with van der Waals surface area (Å²) >= 11 is 3.10. The molecule has 0 fully saturated rings. The molecule has 0 aliphatic heterocycles. The zero-order chi connectivity index (χ0) is 10.5. The van der Waals surface area contributed by atoms with Crippen molar-refractivity contribution >= 4 is 31.9 Å². The van der Waals surface area contributed by atoms with Crippen molar-refractivity contribution < 1.29 is 17.9 Å². The molecule has 0 atom stereocenters. The number of sulfonamides is 1. The number of esters is 1. The van der Waals surface area contributed by atoms with E-state index in [0.717, 1.165) is 11.4 Å². The molecule has 7 heteroatoms. The molecule has 0 aliphatic carbocycles. The number of ether oxygens (including phenoxy) is 1. The van der Waals surface area contributed by atoms with Crippen molar-refractivity contribution in [2.75, 3.05) is 31.8 Å². The molecule has 0 unspecified atom stereocenters. The van der Waals surface area contributed by atoms with Crippen LogP contribution in [0, 0.1) is 0 Å². The minimum absolute atomic E-state index is 0.333. The smallest absolute Gasteiger partial charge is 0.322 e. The van der Waals surface area contributed by atoms with Gasteiger partial charge in [0.2, 0.25) is 10.0 Å². The second-order valence-corrected chi connectivity index (χ2v) is 5.21. The average Bonchev–Trinajstić information content (AvgIpc) is 2.04. The lowest BCUT2D eigenvalue weighted by Gasteiger charge is -2.14. The lowest BCUT2D eigenvalue weighted by atomic mass is 10.8. The number of nitrogens with zero attached hydrogens (tertiary/aromatic N) is 1. The molecule has 0 aromatic carbocycles. The van der Waals surface area contributed by atoms with E-state index in [2.05, 4.69) is 20.7 Å². The molecule has 0 aromatic rings. The van der Waals surface area contributed by atoms with Crippen LogP contribution >= 0.6 is 15.9 Å². The third kappa shape index (κ3) is 4.58. The highest BCUT2D eigenvalue weighted by Gasteiger charge is 2.21. The van der Waals surface area contributed by atoms with Gasteiger partial charge >= 0.3 is 5.97 Å². The van der Waals surface area contributed by atoms with Gasteiger partial charge in [-0.25, -0.2) is 12.7 Å². The van der Waals surface area contributed by atoms with Gasteiger partial charge in [-0.05, 0) is 0 Å². The molecule has 0 aromatic heterocycles. The molecule has 0 saturated carbocycles. The van der Waals surface area contributed by atoms with Crippen LogP contribution in [0.25, 0.3) is 0 Å². The van der Waals surface area contributed by atoms with Crippen LogP contribution in [0.5, 0.6) is 0 Å². The van der Waals surface area contributed by atoms with E-state index in [0.29, 0.717) is 11.9 Å². The van der Waals surface area contributed by atoms with E-state index in [9.17, 15) is 13.2 Å². The molecule has 0 N–H and O–H groups in total. The number of methoxy groups -OCH3 is 1. The highest BCUT2D eigenvalue weighted by Crippen LogP contribution is 1.99. The van der Waals surface area contributed by atoms with Crippen molar-refractivity contribution in [2.45, 2.75) is 0 Å². The van der Waals surface area contributed by atoms with Crippen molar-refractivity contribution in [3.8, 4) is 0 Å². The summed E-state index contributed by atoms with van der Waals surface area (Å²) in [6, 6.07) is 0. The van der Waals surface area contributed by atoms with Gasteiger partial charge in [0, 0.05) is 18.9 Å². The summed E-state index contributed by atoms with van der Waals surface area (Å²) in [5, 5.41) is 0.532. The Morgan fingerprint density at radius 3 is 2.46 bits per heavy atom. The molecule has 0 saturated heterocycles. The molecule has 0 spiro atoms. The fraction of sp³-hybridized carbons (Fsp3) is 0.833. The van der Waals surface area contributed by atoms with Crippen molar-refractivity contribution in [3.05, 3.63) is 0 Å². The summed E-state index contributed by atoms with van der Waals surface area (Å²) in [6.45, 7) is 0.333. The van der Waals surface area contributed by atoms with E-state index in [1.54, 1.807) is 0 Å². The normalized spacial score (nSPS) is 11.7. The van der Waals surface area contributed by atoms with E-state index in [1.807, 2.05) is 0 Å². The first-order chi connectivity index (χ1) is 5.94. The Morgan fingerprint density at radius 2 is 2.08 bits per heavy atom. The molecular formula is C6H12BrNO4S. The number of rotatable bonds is 5. The summed E-state index contributed by atoms with van der Waals surface area (Å²) in [4.78, 5) is 10.7. The van der Waals surface area contributed by atoms with Crippen molar-refractivity contribution in [2.24, 2.45) is 0 Å². The molecule has 5 nitrogen and oxygen atoms in total. The molecule has 78 valence electrons. The summed E-state index contributed by atoms with van der Waals surface area (Å²) in [7, 11) is -0.934. The van der Waals surface area contributed by atoms with Crippen LogP contribution in [0.1, 0.15) is 0 Å². The molecule has 0 aliphatic rings. The number of hydrogen-bond donors (Lipinski definition) is 0. The summed E-state index contributed by atoms with van der Waals surface area (Å²) in [5.41, 5.74) is 0. The van der Waals surface area contributed by atoms with Crippen LogP contribution in [0.4, 0.5) is 0 Å². The first kappa shape index (κ1) is 12.9. The van der Waals surface area contributed by atoms with Crippen LogP contribution in [-0.2, 0) is 19.6 Å². The Morgan fingerprint density at radius 1 is 1.54 bits per heavy atom. The van der Waals surface area contributed by atoms with Crippen LogP contribution in [0.2, 0.25) is 0 Å². The maximum absolute atomic E-state index is 11.3. The molecule has 0 radical (unpaired) electrons. The Bertz CT molecular complexity index is 264. The van der Waals surface area contributed by atoms with Crippen LogP contribution in [0.15, 0.2) is 0 Å². The molecule has 0 bridgehead atoms. The molecule has 0 amide bonds. The molecular weight excluding hydrogens is 262 g/mol. The van der Waals surface area contributed by atoms with E-state index >= 15 is 0 Å².